The van der Waals surface area contributed by atoms with Gasteiger partial charge in [-0.2, -0.15) is 0 Å². The van der Waals surface area contributed by atoms with Gasteiger partial charge in [0.15, 0.2) is 0 Å². The lowest BCUT2D eigenvalue weighted by molar-refractivity contribution is 1.19. The average Bonchev–Trinajstić information content (AvgIpc) is 3.31. The lowest BCUT2D eigenvalue weighted by atomic mass is 9.95. The molecule has 0 aliphatic heterocycles. The smallest absolute Gasteiger partial charge is 0.0547 e. The molecule has 0 unspecified atom stereocenters. The average molecular weight is 470 g/mol. The third-order valence-corrected chi connectivity index (χ3v) is 7.75. The van der Waals surface area contributed by atoms with E-state index in [0.29, 0.717) is 0 Å². The van der Waals surface area contributed by atoms with E-state index in [9.17, 15) is 0 Å². The summed E-state index contributed by atoms with van der Waals surface area (Å²) in [6, 6.07) is 50.9. The quantitative estimate of drug-likeness (QED) is 0.237. The summed E-state index contributed by atoms with van der Waals surface area (Å²) in [6.45, 7) is 0. The third-order valence-electron chi connectivity index (χ3n) is 7.75. The highest BCUT2D eigenvalue weighted by atomic mass is 15.0. The van der Waals surface area contributed by atoms with Gasteiger partial charge in [0.2, 0.25) is 0 Å². The van der Waals surface area contributed by atoms with Crippen molar-refractivity contribution < 1.29 is 0 Å². The molecule has 1 heteroatoms. The number of para-hydroxylation sites is 1. The molecule has 0 atom stereocenters. The van der Waals surface area contributed by atoms with Crippen molar-refractivity contribution in [2.75, 3.05) is 0 Å². The van der Waals surface area contributed by atoms with Gasteiger partial charge in [-0.05, 0) is 73.8 Å². The van der Waals surface area contributed by atoms with Crippen molar-refractivity contribution in [3.05, 3.63) is 140 Å². The van der Waals surface area contributed by atoms with E-state index in [1.54, 1.807) is 0 Å². The molecule has 8 rings (SSSR count). The SMILES string of the molecule is c1ccc2cc(-n3c4ccccc4c4c5cc(-c6cccc7ccccc67)ccc5ccc43)ccc2c1. The molecule has 0 aliphatic rings. The molecule has 0 bridgehead atoms. The second kappa shape index (κ2) is 7.81. The Morgan fingerprint density at radius 2 is 1.05 bits per heavy atom. The zero-order valence-corrected chi connectivity index (χ0v) is 20.2. The van der Waals surface area contributed by atoms with Gasteiger partial charge in [-0.25, -0.2) is 0 Å². The summed E-state index contributed by atoms with van der Waals surface area (Å²) >= 11 is 0. The van der Waals surface area contributed by atoms with Crippen molar-refractivity contribution in [3.63, 3.8) is 0 Å². The molecule has 1 aromatic heterocycles. The van der Waals surface area contributed by atoms with E-state index in [1.807, 2.05) is 0 Å². The Labute approximate surface area is 214 Å². The molecule has 0 fully saturated rings. The topological polar surface area (TPSA) is 4.93 Å². The number of nitrogens with zero attached hydrogens (tertiary/aromatic N) is 1. The molecule has 7 aromatic carbocycles. The first-order chi connectivity index (χ1) is 18.3. The molecule has 8 aromatic rings. The maximum atomic E-state index is 2.42. The Hall–Kier alpha value is -4.88. The van der Waals surface area contributed by atoms with E-state index in [1.165, 1.54) is 70.9 Å². The predicted molar refractivity (Wildman–Crippen MR) is 159 cm³/mol. The second-order valence-corrected chi connectivity index (χ2v) is 9.81. The van der Waals surface area contributed by atoms with E-state index in [-0.39, 0.29) is 0 Å². The first kappa shape index (κ1) is 20.3. The first-order valence-corrected chi connectivity index (χ1v) is 12.8. The zero-order chi connectivity index (χ0) is 24.3. The highest BCUT2D eigenvalue weighted by Crippen LogP contribution is 2.39. The molecule has 0 spiro atoms. The highest BCUT2D eigenvalue weighted by Gasteiger charge is 2.15. The molecule has 0 saturated carbocycles. The maximum absolute atomic E-state index is 2.42. The lowest BCUT2D eigenvalue weighted by Crippen LogP contribution is -1.93. The maximum Gasteiger partial charge on any atom is 0.0547 e. The minimum atomic E-state index is 1.19. The Morgan fingerprint density at radius 1 is 0.378 bits per heavy atom. The summed E-state index contributed by atoms with van der Waals surface area (Å²) in [6.07, 6.45) is 0. The summed E-state index contributed by atoms with van der Waals surface area (Å²) in [7, 11) is 0. The van der Waals surface area contributed by atoms with Crippen molar-refractivity contribution in [1.29, 1.82) is 0 Å². The summed E-state index contributed by atoms with van der Waals surface area (Å²) in [4.78, 5) is 0. The predicted octanol–water partition coefficient (Wildman–Crippen LogP) is 9.91. The fourth-order valence-corrected chi connectivity index (χ4v) is 6.03. The van der Waals surface area contributed by atoms with E-state index < -0.39 is 0 Å². The number of hydrogen-bond donors (Lipinski definition) is 0. The van der Waals surface area contributed by atoms with Gasteiger partial charge in [-0.15, -0.1) is 0 Å². The fraction of sp³-hybridized carbons (Fsp3) is 0. The van der Waals surface area contributed by atoms with Gasteiger partial charge in [0, 0.05) is 16.5 Å². The minimum absolute atomic E-state index is 1.19. The third kappa shape index (κ3) is 3.04. The molecule has 172 valence electrons. The van der Waals surface area contributed by atoms with E-state index in [2.05, 4.69) is 144 Å². The monoisotopic (exact) mass is 469 g/mol. The van der Waals surface area contributed by atoms with E-state index in [4.69, 9.17) is 0 Å². The van der Waals surface area contributed by atoms with Crippen LogP contribution in [0.3, 0.4) is 0 Å². The second-order valence-electron chi connectivity index (χ2n) is 9.81. The summed E-state index contributed by atoms with van der Waals surface area (Å²) in [5.74, 6) is 0. The molecule has 1 heterocycles. The zero-order valence-electron chi connectivity index (χ0n) is 20.2. The van der Waals surface area contributed by atoms with Gasteiger partial charge in [0.25, 0.3) is 0 Å². The van der Waals surface area contributed by atoms with Crippen LogP contribution in [0.25, 0.3) is 70.9 Å². The molecule has 1 nitrogen and oxygen atoms in total. The van der Waals surface area contributed by atoms with Crippen molar-refractivity contribution in [2.45, 2.75) is 0 Å². The van der Waals surface area contributed by atoms with Gasteiger partial charge < -0.3 is 4.57 Å². The largest absolute Gasteiger partial charge is 0.309 e. The van der Waals surface area contributed by atoms with Crippen LogP contribution in [0.4, 0.5) is 0 Å². The summed E-state index contributed by atoms with van der Waals surface area (Å²) < 4.78 is 2.42. The Balaban J connectivity index is 1.46. The Bertz CT molecular complexity index is 2140. The molecule has 0 radical (unpaired) electrons. The van der Waals surface area contributed by atoms with Crippen LogP contribution >= 0.6 is 0 Å². The summed E-state index contributed by atoms with van der Waals surface area (Å²) in [5.41, 5.74) is 6.18. The standard InChI is InChI=1S/C36H23N/c1-2-10-27-22-29(20-18-24(27)8-1)37-34-15-6-5-13-32(34)36-33-23-28(17-16-26(33)19-21-35(36)37)31-14-7-11-25-9-3-4-12-30(25)31/h1-23H. The van der Waals surface area contributed by atoms with Gasteiger partial charge in [-0.1, -0.05) is 109 Å². The van der Waals surface area contributed by atoms with Crippen LogP contribution < -0.4 is 0 Å². The normalized spacial score (nSPS) is 11.8. The first-order valence-electron chi connectivity index (χ1n) is 12.8. The number of aromatic nitrogens is 1. The molecule has 37 heavy (non-hydrogen) atoms. The van der Waals surface area contributed by atoms with Gasteiger partial charge >= 0.3 is 0 Å². The molecule has 0 amide bonds. The van der Waals surface area contributed by atoms with Gasteiger partial charge in [-0.3, -0.25) is 0 Å². The van der Waals surface area contributed by atoms with Crippen LogP contribution in [-0.4, -0.2) is 4.57 Å². The van der Waals surface area contributed by atoms with Gasteiger partial charge in [0.1, 0.15) is 0 Å². The highest BCUT2D eigenvalue weighted by molar-refractivity contribution is 6.22. The van der Waals surface area contributed by atoms with Crippen molar-refractivity contribution in [1.82, 2.24) is 4.57 Å². The number of benzene rings is 7. The van der Waals surface area contributed by atoms with Crippen molar-refractivity contribution in [2.24, 2.45) is 0 Å². The number of fused-ring (bicyclic) bond motifs is 7. The molecular formula is C36H23N. The lowest BCUT2D eigenvalue weighted by Gasteiger charge is -2.11. The number of rotatable bonds is 2. The van der Waals surface area contributed by atoms with E-state index >= 15 is 0 Å². The fourth-order valence-electron chi connectivity index (χ4n) is 6.03. The van der Waals surface area contributed by atoms with Crippen LogP contribution in [0.15, 0.2) is 140 Å². The van der Waals surface area contributed by atoms with E-state index in [0.717, 1.165) is 0 Å². The summed E-state index contributed by atoms with van der Waals surface area (Å²) in [5, 5.41) is 10.2. The molecular weight excluding hydrogens is 446 g/mol. The van der Waals surface area contributed by atoms with Crippen LogP contribution in [0.2, 0.25) is 0 Å². The van der Waals surface area contributed by atoms with Crippen LogP contribution in [-0.2, 0) is 0 Å². The van der Waals surface area contributed by atoms with Crippen LogP contribution in [0.1, 0.15) is 0 Å². The van der Waals surface area contributed by atoms with Crippen LogP contribution in [0, 0.1) is 0 Å². The Kier molecular flexibility index (Phi) is 4.29. The van der Waals surface area contributed by atoms with Crippen molar-refractivity contribution in [3.8, 4) is 16.8 Å². The molecule has 0 aliphatic carbocycles. The molecule has 0 N–H and O–H groups in total. The van der Waals surface area contributed by atoms with Crippen LogP contribution in [0.5, 0.6) is 0 Å². The number of hydrogen-bond acceptors (Lipinski definition) is 0. The Morgan fingerprint density at radius 3 is 1.97 bits per heavy atom. The minimum Gasteiger partial charge on any atom is -0.309 e. The van der Waals surface area contributed by atoms with Crippen molar-refractivity contribution >= 4 is 54.1 Å². The molecule has 0 saturated heterocycles. The van der Waals surface area contributed by atoms with Gasteiger partial charge in [0.05, 0.1) is 11.0 Å².